The summed E-state index contributed by atoms with van der Waals surface area (Å²) >= 11 is -2.95. The molecule has 86 valence electrons. The molecule has 0 fully saturated rings. The van der Waals surface area contributed by atoms with E-state index in [1.165, 1.54) is 0 Å². The molecule has 0 amide bonds. The van der Waals surface area contributed by atoms with Crippen LogP contribution in [-0.4, -0.2) is 18.6 Å². The van der Waals surface area contributed by atoms with E-state index in [4.69, 9.17) is 0 Å². The van der Waals surface area contributed by atoms with Crippen molar-refractivity contribution in [2.24, 2.45) is 0 Å². The zero-order chi connectivity index (χ0) is 12.3. The highest BCUT2D eigenvalue weighted by atomic mass is 32.2. The van der Waals surface area contributed by atoms with Gasteiger partial charge >= 0.3 is 0 Å². The van der Waals surface area contributed by atoms with Gasteiger partial charge in [-0.25, -0.2) is 4.21 Å². The maximum Gasteiger partial charge on any atom is 0.280 e. The number of hydrogen-bond acceptors (Lipinski definition) is 7. The lowest BCUT2D eigenvalue weighted by molar-refractivity contribution is -0.394. The van der Waals surface area contributed by atoms with Crippen LogP contribution in [0.1, 0.15) is 0 Å². The Kier molecular flexibility index (Phi) is 3.48. The molecule has 0 saturated carbocycles. The number of nitrogens with zero attached hydrogens (tertiary/aromatic N) is 2. The summed E-state index contributed by atoms with van der Waals surface area (Å²) in [6, 6.07) is 2.23. The van der Waals surface area contributed by atoms with E-state index in [2.05, 4.69) is 4.18 Å². The normalized spacial score (nSPS) is 11.8. The fraction of sp³-hybridized carbons (Fsp3) is 0. The molecule has 0 aliphatic rings. The number of nitro benzene ring substituents is 2. The Morgan fingerprint density at radius 1 is 1.06 bits per heavy atom. The van der Waals surface area contributed by atoms with Gasteiger partial charge in [-0.15, -0.1) is 0 Å². The van der Waals surface area contributed by atoms with Crippen LogP contribution < -0.4 is 4.18 Å². The van der Waals surface area contributed by atoms with Gasteiger partial charge in [0.2, 0.25) is 0 Å². The van der Waals surface area contributed by atoms with E-state index in [9.17, 15) is 29.0 Å². The molecule has 0 heterocycles. The van der Waals surface area contributed by atoms with Crippen molar-refractivity contribution < 1.29 is 22.8 Å². The summed E-state index contributed by atoms with van der Waals surface area (Å²) in [6.07, 6.45) is 0. The highest BCUT2D eigenvalue weighted by molar-refractivity contribution is 7.74. The van der Waals surface area contributed by atoms with Gasteiger partial charge in [-0.2, -0.15) is 0 Å². The Bertz CT molecular complexity index is 442. The van der Waals surface area contributed by atoms with Crippen LogP contribution in [0.15, 0.2) is 18.2 Å². The summed E-state index contributed by atoms with van der Waals surface area (Å²) < 4.78 is 24.4. The van der Waals surface area contributed by atoms with Crippen molar-refractivity contribution in [3.63, 3.8) is 0 Å². The van der Waals surface area contributed by atoms with E-state index in [0.717, 1.165) is 12.1 Å². The van der Waals surface area contributed by atoms with Crippen LogP contribution in [0.2, 0.25) is 0 Å². The lowest BCUT2D eigenvalue weighted by atomic mass is 10.2. The van der Waals surface area contributed by atoms with Gasteiger partial charge in [-0.05, 0) is 0 Å². The van der Waals surface area contributed by atoms with Gasteiger partial charge < -0.3 is 8.74 Å². The molecule has 0 aliphatic carbocycles. The third kappa shape index (κ3) is 2.96. The molecule has 0 N–H and O–H groups in total. The number of rotatable bonds is 4. The molecular formula is C6H3N2O7S-. The average Bonchev–Trinajstić information content (AvgIpc) is 2.15. The highest BCUT2D eigenvalue weighted by Crippen LogP contribution is 2.27. The topological polar surface area (TPSA) is 136 Å². The maximum absolute atomic E-state index is 10.4. The van der Waals surface area contributed by atoms with Gasteiger partial charge in [0.05, 0.1) is 28.0 Å². The molecule has 1 rings (SSSR count). The van der Waals surface area contributed by atoms with Gasteiger partial charge in [0, 0.05) is 0 Å². The average molecular weight is 247 g/mol. The van der Waals surface area contributed by atoms with Crippen molar-refractivity contribution in [1.29, 1.82) is 0 Å². The standard InChI is InChI=1S/C6H4N2O7S/c9-7(10)4-1-5(8(11)12)3-6(2-4)15-16(13)14/h1-3H,(H,13,14)/p-1. The SMILES string of the molecule is O=[N+]([O-])c1cc(OS(=O)[O-])cc([N+](=O)[O-])c1. The molecule has 9 nitrogen and oxygen atoms in total. The van der Waals surface area contributed by atoms with Crippen molar-refractivity contribution >= 4 is 22.7 Å². The van der Waals surface area contributed by atoms with E-state index in [0.29, 0.717) is 6.07 Å². The molecule has 1 aromatic carbocycles. The molecule has 0 radical (unpaired) electrons. The van der Waals surface area contributed by atoms with Crippen LogP contribution in [0, 0.1) is 20.2 Å². The third-order valence-electron chi connectivity index (χ3n) is 1.46. The van der Waals surface area contributed by atoms with Crippen molar-refractivity contribution in [3.05, 3.63) is 38.4 Å². The van der Waals surface area contributed by atoms with Gasteiger partial charge in [0.25, 0.3) is 11.4 Å². The van der Waals surface area contributed by atoms with E-state index in [1.54, 1.807) is 0 Å². The smallest absolute Gasteiger partial charge is 0.280 e. The molecule has 0 saturated heterocycles. The van der Waals surface area contributed by atoms with Crippen molar-refractivity contribution in [1.82, 2.24) is 0 Å². The minimum absolute atomic E-state index is 0.491. The zero-order valence-corrected chi connectivity index (χ0v) is 8.21. The first-order valence-electron chi connectivity index (χ1n) is 3.61. The Morgan fingerprint density at radius 3 is 1.81 bits per heavy atom. The monoisotopic (exact) mass is 247 g/mol. The zero-order valence-electron chi connectivity index (χ0n) is 7.39. The van der Waals surface area contributed by atoms with E-state index in [-0.39, 0.29) is 0 Å². The second-order valence-corrected chi connectivity index (χ2v) is 3.06. The minimum atomic E-state index is -2.95. The number of non-ortho nitro benzene ring substituents is 2. The largest absolute Gasteiger partial charge is 0.740 e. The summed E-state index contributed by atoms with van der Waals surface area (Å²) in [4.78, 5) is 19.0. The van der Waals surface area contributed by atoms with Gasteiger partial charge in [0.15, 0.2) is 5.75 Å². The molecule has 1 aromatic rings. The van der Waals surface area contributed by atoms with Crippen LogP contribution >= 0.6 is 0 Å². The Labute approximate surface area is 90.4 Å². The predicted molar refractivity (Wildman–Crippen MR) is 49.3 cm³/mol. The van der Waals surface area contributed by atoms with Crippen LogP contribution in [0.5, 0.6) is 5.75 Å². The first-order valence-corrected chi connectivity index (χ1v) is 4.61. The fourth-order valence-corrected chi connectivity index (χ4v) is 1.16. The van der Waals surface area contributed by atoms with Gasteiger partial charge in [-0.3, -0.25) is 20.2 Å². The Balaban J connectivity index is 3.23. The molecule has 16 heavy (non-hydrogen) atoms. The summed E-state index contributed by atoms with van der Waals surface area (Å²) in [7, 11) is 0. The van der Waals surface area contributed by atoms with E-state index in [1.807, 2.05) is 0 Å². The molecule has 10 heteroatoms. The van der Waals surface area contributed by atoms with Gasteiger partial charge in [0.1, 0.15) is 11.4 Å². The molecule has 0 aliphatic heterocycles. The second-order valence-electron chi connectivity index (χ2n) is 2.49. The lowest BCUT2D eigenvalue weighted by Gasteiger charge is -2.06. The molecule has 1 atom stereocenters. The van der Waals surface area contributed by atoms with Crippen molar-refractivity contribution in [2.45, 2.75) is 0 Å². The second kappa shape index (κ2) is 4.63. The maximum atomic E-state index is 10.4. The van der Waals surface area contributed by atoms with Crippen LogP contribution in [0.3, 0.4) is 0 Å². The van der Waals surface area contributed by atoms with Crippen molar-refractivity contribution in [3.8, 4) is 5.75 Å². The minimum Gasteiger partial charge on any atom is -0.740 e. The first kappa shape index (κ1) is 12.0. The molecule has 1 unspecified atom stereocenters. The van der Waals surface area contributed by atoms with Crippen LogP contribution in [-0.2, 0) is 11.4 Å². The van der Waals surface area contributed by atoms with E-state index >= 15 is 0 Å². The van der Waals surface area contributed by atoms with Crippen LogP contribution in [0.4, 0.5) is 11.4 Å². The fourth-order valence-electron chi connectivity index (χ4n) is 0.906. The van der Waals surface area contributed by atoms with E-state index < -0.39 is 38.3 Å². The highest BCUT2D eigenvalue weighted by Gasteiger charge is 2.17. The quantitative estimate of drug-likeness (QED) is 0.433. The Morgan fingerprint density at radius 2 is 1.50 bits per heavy atom. The summed E-state index contributed by atoms with van der Waals surface area (Å²) in [5.41, 5.74) is -1.26. The molecular weight excluding hydrogens is 244 g/mol. The number of benzene rings is 1. The summed E-state index contributed by atoms with van der Waals surface area (Å²) in [5, 5.41) is 20.8. The van der Waals surface area contributed by atoms with Gasteiger partial charge in [-0.1, -0.05) is 0 Å². The van der Waals surface area contributed by atoms with Crippen LogP contribution in [0.25, 0.3) is 0 Å². The molecule has 0 spiro atoms. The Hall–Kier alpha value is -2.07. The lowest BCUT2D eigenvalue weighted by Crippen LogP contribution is -2.00. The first-order chi connectivity index (χ1) is 7.40. The predicted octanol–water partition coefficient (Wildman–Crippen LogP) is 0.676. The van der Waals surface area contributed by atoms with Crippen molar-refractivity contribution in [2.75, 3.05) is 0 Å². The number of hydrogen-bond donors (Lipinski definition) is 0. The third-order valence-corrected chi connectivity index (χ3v) is 1.79. The summed E-state index contributed by atoms with van der Waals surface area (Å²) in [6.45, 7) is 0. The summed E-state index contributed by atoms with van der Waals surface area (Å²) in [5.74, 6) is -0.491. The molecule has 0 bridgehead atoms. The molecule has 0 aromatic heterocycles. The number of nitro groups is 2.